The van der Waals surface area contributed by atoms with Crippen LogP contribution >= 0.6 is 23.3 Å². The van der Waals surface area contributed by atoms with Gasteiger partial charge < -0.3 is 0 Å². The standard InChI is InChI=1S/C20H14F3N3O2S2/c1-25-17(20(21,22)23)10-18(27)26(19(25)28)12-7-8-16-14(9-12)15(24-30-16)11-29-13-5-3-2-4-6-13/h2-10H,11H2,1H3. The third-order valence-electron chi connectivity index (χ3n) is 4.52. The van der Waals surface area contributed by atoms with Gasteiger partial charge in [0.1, 0.15) is 5.69 Å². The molecule has 0 unspecified atom stereocenters. The molecule has 2 aromatic carbocycles. The number of aromatic nitrogens is 3. The number of thioether (sulfide) groups is 1. The van der Waals surface area contributed by atoms with Gasteiger partial charge in [-0.05, 0) is 41.9 Å². The van der Waals surface area contributed by atoms with Crippen molar-refractivity contribution in [2.75, 3.05) is 0 Å². The van der Waals surface area contributed by atoms with E-state index in [2.05, 4.69) is 4.37 Å². The van der Waals surface area contributed by atoms with Gasteiger partial charge in [0.2, 0.25) is 0 Å². The van der Waals surface area contributed by atoms with Gasteiger partial charge >= 0.3 is 11.9 Å². The summed E-state index contributed by atoms with van der Waals surface area (Å²) in [5, 5.41) is 0.759. The van der Waals surface area contributed by atoms with Crippen molar-refractivity contribution in [1.82, 2.24) is 13.5 Å². The molecule has 0 bridgehead atoms. The van der Waals surface area contributed by atoms with Crippen molar-refractivity contribution < 1.29 is 13.2 Å². The fourth-order valence-electron chi connectivity index (χ4n) is 3.02. The number of halogens is 3. The van der Waals surface area contributed by atoms with Crippen molar-refractivity contribution in [3.63, 3.8) is 0 Å². The van der Waals surface area contributed by atoms with Gasteiger partial charge in [0.25, 0.3) is 5.56 Å². The van der Waals surface area contributed by atoms with Crippen LogP contribution in [0.1, 0.15) is 11.4 Å². The number of nitrogens with zero attached hydrogens (tertiary/aromatic N) is 3. The zero-order valence-corrected chi connectivity index (χ0v) is 17.1. The molecule has 4 rings (SSSR count). The van der Waals surface area contributed by atoms with Crippen LogP contribution in [-0.4, -0.2) is 13.5 Å². The third-order valence-corrected chi connectivity index (χ3v) is 6.40. The highest BCUT2D eigenvalue weighted by molar-refractivity contribution is 7.98. The molecule has 2 heterocycles. The van der Waals surface area contributed by atoms with E-state index in [0.29, 0.717) is 16.4 Å². The summed E-state index contributed by atoms with van der Waals surface area (Å²) in [6, 6.07) is 15.1. The van der Waals surface area contributed by atoms with Crippen LogP contribution < -0.4 is 11.2 Å². The smallest absolute Gasteiger partial charge is 0.292 e. The van der Waals surface area contributed by atoms with Gasteiger partial charge in [0.05, 0.1) is 16.1 Å². The summed E-state index contributed by atoms with van der Waals surface area (Å²) in [4.78, 5) is 26.0. The van der Waals surface area contributed by atoms with E-state index in [1.807, 2.05) is 30.3 Å². The van der Waals surface area contributed by atoms with Gasteiger partial charge in [0, 0.05) is 29.1 Å². The van der Waals surface area contributed by atoms with Crippen LogP contribution in [-0.2, 0) is 19.0 Å². The Bertz CT molecular complexity index is 1340. The molecule has 0 aliphatic rings. The number of alkyl halides is 3. The molecule has 154 valence electrons. The maximum atomic E-state index is 13.1. The Labute approximate surface area is 176 Å². The molecule has 10 heteroatoms. The Kier molecular flexibility index (Phi) is 5.29. The largest absolute Gasteiger partial charge is 0.431 e. The second-order valence-electron chi connectivity index (χ2n) is 6.45. The van der Waals surface area contributed by atoms with Gasteiger partial charge in [-0.2, -0.15) is 17.5 Å². The predicted molar refractivity (Wildman–Crippen MR) is 111 cm³/mol. The summed E-state index contributed by atoms with van der Waals surface area (Å²) >= 11 is 2.88. The highest BCUT2D eigenvalue weighted by Gasteiger charge is 2.35. The van der Waals surface area contributed by atoms with Gasteiger partial charge in [-0.3, -0.25) is 9.36 Å². The summed E-state index contributed by atoms with van der Waals surface area (Å²) in [7, 11) is 0.994. The molecular formula is C20H14F3N3O2S2. The molecule has 2 aromatic heterocycles. The molecule has 0 aliphatic carbocycles. The maximum absolute atomic E-state index is 13.1. The van der Waals surface area contributed by atoms with Crippen LogP contribution in [0.25, 0.3) is 15.8 Å². The quantitative estimate of drug-likeness (QED) is 0.432. The Balaban J connectivity index is 1.77. The lowest BCUT2D eigenvalue weighted by Crippen LogP contribution is -2.40. The maximum Gasteiger partial charge on any atom is 0.431 e. The van der Waals surface area contributed by atoms with Crippen LogP contribution in [0.5, 0.6) is 0 Å². The number of hydrogen-bond acceptors (Lipinski definition) is 5. The summed E-state index contributed by atoms with van der Waals surface area (Å²) in [5.74, 6) is 0.577. The molecule has 0 atom stereocenters. The summed E-state index contributed by atoms with van der Waals surface area (Å²) < 4.78 is 45.7. The average Bonchev–Trinajstić information content (AvgIpc) is 3.11. The van der Waals surface area contributed by atoms with Gasteiger partial charge in [-0.25, -0.2) is 9.36 Å². The van der Waals surface area contributed by atoms with Crippen molar-refractivity contribution in [3.8, 4) is 5.69 Å². The molecular weight excluding hydrogens is 435 g/mol. The van der Waals surface area contributed by atoms with Gasteiger partial charge in [0.15, 0.2) is 0 Å². The first-order chi connectivity index (χ1) is 14.3. The summed E-state index contributed by atoms with van der Waals surface area (Å²) in [5.41, 5.74) is -2.40. The fraction of sp³-hybridized carbons (Fsp3) is 0.150. The fourth-order valence-corrected chi connectivity index (χ4v) is 4.75. The second-order valence-corrected chi connectivity index (χ2v) is 8.31. The van der Waals surface area contributed by atoms with Crippen molar-refractivity contribution in [3.05, 3.63) is 86.8 Å². The Morgan fingerprint density at radius 3 is 2.50 bits per heavy atom. The van der Waals surface area contributed by atoms with Crippen molar-refractivity contribution in [1.29, 1.82) is 0 Å². The minimum Gasteiger partial charge on any atom is -0.292 e. The normalized spacial score (nSPS) is 11.9. The number of hydrogen-bond donors (Lipinski definition) is 0. The topological polar surface area (TPSA) is 56.9 Å². The molecule has 0 aliphatic heterocycles. The highest BCUT2D eigenvalue weighted by atomic mass is 32.2. The van der Waals surface area contributed by atoms with Crippen LogP contribution in [0.15, 0.2) is 69.1 Å². The molecule has 5 nitrogen and oxygen atoms in total. The molecule has 4 aromatic rings. The lowest BCUT2D eigenvalue weighted by molar-refractivity contribution is -0.144. The first-order valence-electron chi connectivity index (χ1n) is 8.72. The molecule has 0 N–H and O–H groups in total. The van der Waals surface area contributed by atoms with E-state index >= 15 is 0 Å². The molecule has 0 spiro atoms. The number of rotatable bonds is 4. The van der Waals surface area contributed by atoms with E-state index < -0.39 is 23.1 Å². The first-order valence-corrected chi connectivity index (χ1v) is 10.5. The van der Waals surface area contributed by atoms with Crippen molar-refractivity contribution in [2.24, 2.45) is 7.05 Å². The molecule has 0 amide bonds. The van der Waals surface area contributed by atoms with E-state index in [1.54, 1.807) is 23.9 Å². The molecule has 0 saturated carbocycles. The minimum atomic E-state index is -4.80. The average molecular weight is 449 g/mol. The Hall–Kier alpha value is -2.85. The number of benzene rings is 2. The first kappa shape index (κ1) is 20.4. The summed E-state index contributed by atoms with van der Waals surface area (Å²) in [6.45, 7) is 0. The zero-order valence-electron chi connectivity index (χ0n) is 15.5. The SMILES string of the molecule is Cn1c(C(F)(F)F)cc(=O)n(-c2ccc3snc(CSc4ccccc4)c3c2)c1=O. The lowest BCUT2D eigenvalue weighted by Gasteiger charge is -2.14. The van der Waals surface area contributed by atoms with Gasteiger partial charge in [-0.15, -0.1) is 11.8 Å². The van der Waals surface area contributed by atoms with Crippen LogP contribution in [0.2, 0.25) is 0 Å². The highest BCUT2D eigenvalue weighted by Crippen LogP contribution is 2.30. The van der Waals surface area contributed by atoms with Crippen LogP contribution in [0.3, 0.4) is 0 Å². The predicted octanol–water partition coefficient (Wildman–Crippen LogP) is 4.46. The van der Waals surface area contributed by atoms with E-state index in [0.717, 1.165) is 32.3 Å². The third kappa shape index (κ3) is 3.80. The lowest BCUT2D eigenvalue weighted by atomic mass is 10.2. The monoisotopic (exact) mass is 449 g/mol. The molecule has 0 fully saturated rings. The van der Waals surface area contributed by atoms with E-state index in [-0.39, 0.29) is 5.69 Å². The zero-order chi connectivity index (χ0) is 21.5. The minimum absolute atomic E-state index is 0.202. The van der Waals surface area contributed by atoms with Crippen LogP contribution in [0, 0.1) is 0 Å². The molecule has 30 heavy (non-hydrogen) atoms. The van der Waals surface area contributed by atoms with Gasteiger partial charge in [-0.1, -0.05) is 18.2 Å². The van der Waals surface area contributed by atoms with Crippen molar-refractivity contribution >= 4 is 33.4 Å². The van der Waals surface area contributed by atoms with E-state index in [9.17, 15) is 22.8 Å². The van der Waals surface area contributed by atoms with E-state index in [4.69, 9.17) is 0 Å². The Morgan fingerprint density at radius 1 is 1.07 bits per heavy atom. The summed E-state index contributed by atoms with van der Waals surface area (Å²) in [6.07, 6.45) is -4.80. The van der Waals surface area contributed by atoms with E-state index in [1.165, 1.54) is 17.6 Å². The number of fused-ring (bicyclic) bond motifs is 1. The molecule has 0 radical (unpaired) electrons. The van der Waals surface area contributed by atoms with Crippen LogP contribution in [0.4, 0.5) is 13.2 Å². The molecule has 0 saturated heterocycles. The second kappa shape index (κ2) is 7.77. The van der Waals surface area contributed by atoms with Crippen molar-refractivity contribution in [2.45, 2.75) is 16.8 Å². The Morgan fingerprint density at radius 2 is 1.80 bits per heavy atom.